The highest BCUT2D eigenvalue weighted by molar-refractivity contribution is 7.71. The van der Waals surface area contributed by atoms with E-state index in [-0.39, 0.29) is 5.56 Å². The largest absolute Gasteiger partial charge is 0.299 e. The van der Waals surface area contributed by atoms with Crippen molar-refractivity contribution < 1.29 is 0 Å². The molecule has 0 spiro atoms. The molecule has 0 aliphatic carbocycles. The first-order valence-electron chi connectivity index (χ1n) is 4.40. The number of aromatic amines is 1. The van der Waals surface area contributed by atoms with Crippen LogP contribution in [-0.2, 0) is 7.05 Å². The molecule has 0 aliphatic rings. The van der Waals surface area contributed by atoms with E-state index in [4.69, 9.17) is 12.2 Å². The third-order valence-electron chi connectivity index (χ3n) is 2.07. The highest BCUT2D eigenvalue weighted by Crippen LogP contribution is 2.10. The Bertz CT molecular complexity index is 607. The van der Waals surface area contributed by atoms with Gasteiger partial charge in [0.1, 0.15) is 0 Å². The minimum atomic E-state index is -0.196. The molecule has 0 atom stereocenters. The molecule has 0 aromatic carbocycles. The highest BCUT2D eigenvalue weighted by Gasteiger charge is 2.05. The molecule has 5 nitrogen and oxygen atoms in total. The molecule has 6 heteroatoms. The van der Waals surface area contributed by atoms with Crippen LogP contribution in [0, 0.1) is 11.7 Å². The summed E-state index contributed by atoms with van der Waals surface area (Å²) in [7, 11) is 1.84. The molecule has 0 saturated carbocycles. The van der Waals surface area contributed by atoms with Gasteiger partial charge in [-0.3, -0.25) is 19.0 Å². The molecule has 2 heterocycles. The van der Waals surface area contributed by atoms with Crippen LogP contribution in [0.1, 0.15) is 5.69 Å². The van der Waals surface area contributed by atoms with Gasteiger partial charge >= 0.3 is 0 Å². The fraction of sp³-hybridized carbons (Fsp3) is 0.222. The molecule has 0 unspecified atom stereocenters. The third-order valence-corrected chi connectivity index (χ3v) is 2.37. The normalized spacial score (nSPS) is 10.5. The lowest BCUT2D eigenvalue weighted by atomic mass is 10.4. The smallest absolute Gasteiger partial charge is 0.251 e. The zero-order valence-corrected chi connectivity index (χ0v) is 9.21. The first-order chi connectivity index (χ1) is 7.08. The lowest BCUT2D eigenvalue weighted by Crippen LogP contribution is -2.09. The van der Waals surface area contributed by atoms with Gasteiger partial charge in [-0.25, -0.2) is 0 Å². The second kappa shape index (κ2) is 3.47. The molecule has 2 rings (SSSR count). The Labute approximate surface area is 91.0 Å². The summed E-state index contributed by atoms with van der Waals surface area (Å²) in [5.41, 5.74) is 1.54. The van der Waals surface area contributed by atoms with Gasteiger partial charge in [0.2, 0.25) is 0 Å². The van der Waals surface area contributed by atoms with Crippen molar-refractivity contribution >= 4 is 12.2 Å². The van der Waals surface area contributed by atoms with Gasteiger partial charge in [-0.2, -0.15) is 5.10 Å². The molecule has 0 bridgehead atoms. The quantitative estimate of drug-likeness (QED) is 0.730. The molecular formula is C9H10N4OS. The molecule has 0 saturated heterocycles. The number of rotatable bonds is 1. The van der Waals surface area contributed by atoms with E-state index in [0.717, 1.165) is 11.4 Å². The van der Waals surface area contributed by atoms with E-state index < -0.39 is 0 Å². The van der Waals surface area contributed by atoms with Gasteiger partial charge in [-0.1, -0.05) is 0 Å². The topological polar surface area (TPSA) is 55.6 Å². The minimum absolute atomic E-state index is 0.196. The monoisotopic (exact) mass is 222 g/mol. The zero-order chi connectivity index (χ0) is 11.0. The lowest BCUT2D eigenvalue weighted by Gasteiger charge is -2.02. The van der Waals surface area contributed by atoms with Gasteiger partial charge in [0, 0.05) is 25.5 Å². The summed E-state index contributed by atoms with van der Waals surface area (Å²) < 4.78 is 3.80. The van der Waals surface area contributed by atoms with Crippen molar-refractivity contribution in [1.82, 2.24) is 19.3 Å². The van der Waals surface area contributed by atoms with Crippen LogP contribution in [0.25, 0.3) is 5.69 Å². The summed E-state index contributed by atoms with van der Waals surface area (Å²) in [4.78, 5) is 13.6. The van der Waals surface area contributed by atoms with E-state index in [1.54, 1.807) is 15.4 Å². The van der Waals surface area contributed by atoms with Crippen molar-refractivity contribution in [3.63, 3.8) is 0 Å². The van der Waals surface area contributed by atoms with Crippen molar-refractivity contribution in [2.24, 2.45) is 7.05 Å². The van der Waals surface area contributed by atoms with Crippen molar-refractivity contribution in [3.05, 3.63) is 39.3 Å². The van der Waals surface area contributed by atoms with E-state index in [1.807, 2.05) is 20.2 Å². The van der Waals surface area contributed by atoms with Crippen LogP contribution < -0.4 is 5.56 Å². The maximum Gasteiger partial charge on any atom is 0.251 e. The third kappa shape index (κ3) is 1.75. The summed E-state index contributed by atoms with van der Waals surface area (Å²) in [5, 5.41) is 4.21. The highest BCUT2D eigenvalue weighted by atomic mass is 32.1. The number of aromatic nitrogens is 4. The summed E-state index contributed by atoms with van der Waals surface area (Å²) in [5.74, 6) is 0. The number of nitrogens with zero attached hydrogens (tertiary/aromatic N) is 3. The van der Waals surface area contributed by atoms with Crippen LogP contribution >= 0.6 is 12.2 Å². The number of aryl methyl sites for hydroxylation is 2. The summed E-state index contributed by atoms with van der Waals surface area (Å²) in [6, 6.07) is 1.43. The maximum atomic E-state index is 11.0. The Balaban J connectivity index is 2.69. The predicted octanol–water partition coefficient (Wildman–Crippen LogP) is 0.937. The van der Waals surface area contributed by atoms with Crippen LogP contribution in [0.3, 0.4) is 0 Å². The van der Waals surface area contributed by atoms with Crippen LogP contribution in [0.4, 0.5) is 0 Å². The molecule has 15 heavy (non-hydrogen) atoms. The second-order valence-electron chi connectivity index (χ2n) is 3.25. The molecule has 2 aromatic rings. The van der Waals surface area contributed by atoms with Crippen LogP contribution in [0.15, 0.2) is 23.3 Å². The molecule has 0 amide bonds. The molecule has 0 fully saturated rings. The van der Waals surface area contributed by atoms with E-state index in [2.05, 4.69) is 10.1 Å². The zero-order valence-electron chi connectivity index (χ0n) is 8.39. The average molecular weight is 222 g/mol. The number of H-pyrrole nitrogens is 1. The summed E-state index contributed by atoms with van der Waals surface area (Å²) in [6.07, 6.45) is 3.49. The SMILES string of the molecule is Cc1nn(C)cc1-n1ccc(=O)[nH]c1=S. The van der Waals surface area contributed by atoms with Gasteiger partial charge in [-0.05, 0) is 19.1 Å². The first kappa shape index (κ1) is 9.85. The van der Waals surface area contributed by atoms with Gasteiger partial charge in [0.05, 0.1) is 11.4 Å². The van der Waals surface area contributed by atoms with Crippen molar-refractivity contribution in [1.29, 1.82) is 0 Å². The molecule has 1 N–H and O–H groups in total. The van der Waals surface area contributed by atoms with E-state index >= 15 is 0 Å². The van der Waals surface area contributed by atoms with Crippen LogP contribution in [0.5, 0.6) is 0 Å². The fourth-order valence-corrected chi connectivity index (χ4v) is 1.69. The van der Waals surface area contributed by atoms with Crippen molar-refractivity contribution in [3.8, 4) is 5.69 Å². The molecular weight excluding hydrogens is 212 g/mol. The summed E-state index contributed by atoms with van der Waals surface area (Å²) in [6.45, 7) is 1.89. The van der Waals surface area contributed by atoms with Gasteiger partial charge in [0.15, 0.2) is 4.77 Å². The Morgan fingerprint density at radius 3 is 2.80 bits per heavy atom. The van der Waals surface area contributed by atoms with Crippen molar-refractivity contribution in [2.45, 2.75) is 6.92 Å². The standard InChI is InChI=1S/C9H10N4OS/c1-6-7(5-12(2)11-6)13-4-3-8(14)10-9(13)15/h3-5H,1-2H3,(H,10,14,15). The van der Waals surface area contributed by atoms with Gasteiger partial charge in [0.25, 0.3) is 5.56 Å². The Kier molecular flexibility index (Phi) is 2.28. The Morgan fingerprint density at radius 1 is 1.53 bits per heavy atom. The fourth-order valence-electron chi connectivity index (χ4n) is 1.43. The lowest BCUT2D eigenvalue weighted by molar-refractivity contribution is 0.756. The predicted molar refractivity (Wildman–Crippen MR) is 58.7 cm³/mol. The molecule has 2 aromatic heterocycles. The van der Waals surface area contributed by atoms with Gasteiger partial charge < -0.3 is 0 Å². The second-order valence-corrected chi connectivity index (χ2v) is 3.64. The maximum absolute atomic E-state index is 11.0. The van der Waals surface area contributed by atoms with Crippen LogP contribution in [-0.4, -0.2) is 19.3 Å². The minimum Gasteiger partial charge on any atom is -0.299 e. The first-order valence-corrected chi connectivity index (χ1v) is 4.81. The Hall–Kier alpha value is -1.69. The van der Waals surface area contributed by atoms with E-state index in [9.17, 15) is 4.79 Å². The average Bonchev–Trinajstić information content (AvgIpc) is 2.45. The van der Waals surface area contributed by atoms with E-state index in [0.29, 0.717) is 4.77 Å². The number of hydrogen-bond donors (Lipinski definition) is 1. The molecule has 78 valence electrons. The van der Waals surface area contributed by atoms with Crippen LogP contribution in [0.2, 0.25) is 0 Å². The molecule has 0 aliphatic heterocycles. The Morgan fingerprint density at radius 2 is 2.27 bits per heavy atom. The van der Waals surface area contributed by atoms with Gasteiger partial charge in [-0.15, -0.1) is 0 Å². The van der Waals surface area contributed by atoms with Crippen molar-refractivity contribution in [2.75, 3.05) is 0 Å². The number of nitrogens with one attached hydrogen (secondary N) is 1. The van der Waals surface area contributed by atoms with E-state index in [1.165, 1.54) is 6.07 Å². The summed E-state index contributed by atoms with van der Waals surface area (Å²) >= 11 is 5.06. The molecule has 0 radical (unpaired) electrons. The number of hydrogen-bond acceptors (Lipinski definition) is 3.